The van der Waals surface area contributed by atoms with E-state index in [1.807, 2.05) is 24.3 Å². The van der Waals surface area contributed by atoms with E-state index in [2.05, 4.69) is 25.6 Å². The number of imidazole rings is 1. The second kappa shape index (κ2) is 10.1. The number of nitrogens with one attached hydrogen (secondary N) is 3. The van der Waals surface area contributed by atoms with Gasteiger partial charge in [0.1, 0.15) is 11.6 Å². The minimum atomic E-state index is -0.401. The molecule has 3 N–H and O–H groups in total. The maximum Gasteiger partial charge on any atom is 0.216 e. The van der Waals surface area contributed by atoms with Crippen molar-refractivity contribution in [1.82, 2.24) is 20.3 Å². The van der Waals surface area contributed by atoms with Crippen molar-refractivity contribution < 1.29 is 9.53 Å². The Labute approximate surface area is 178 Å². The highest BCUT2D eigenvalue weighted by atomic mass is 35.5. The van der Waals surface area contributed by atoms with Crippen molar-refractivity contribution >= 4 is 34.9 Å². The molecular formula is C20H21Cl2N5O2. The van der Waals surface area contributed by atoms with Crippen LogP contribution in [0.5, 0.6) is 5.88 Å². The number of benzene rings is 1. The second-order valence-corrected chi connectivity index (χ2v) is 7.21. The van der Waals surface area contributed by atoms with Crippen LogP contribution in [0, 0.1) is 0 Å². The fourth-order valence-electron chi connectivity index (χ4n) is 2.74. The van der Waals surface area contributed by atoms with Crippen LogP contribution in [0.4, 0.5) is 5.82 Å². The number of amides is 1. The summed E-state index contributed by atoms with van der Waals surface area (Å²) in [4.78, 5) is 22.8. The average molecular weight is 434 g/mol. The van der Waals surface area contributed by atoms with E-state index in [9.17, 15) is 4.79 Å². The summed E-state index contributed by atoms with van der Waals surface area (Å²) in [7, 11) is 0. The number of hydrogen-bond acceptors (Lipinski definition) is 5. The molecule has 3 rings (SSSR count). The predicted molar refractivity (Wildman–Crippen MR) is 114 cm³/mol. The number of ether oxygens (including phenoxy) is 1. The van der Waals surface area contributed by atoms with Gasteiger partial charge < -0.3 is 20.4 Å². The summed E-state index contributed by atoms with van der Waals surface area (Å²) < 4.78 is 6.13. The van der Waals surface area contributed by atoms with E-state index in [1.165, 1.54) is 6.92 Å². The molecule has 7 nitrogen and oxygen atoms in total. The molecule has 1 atom stereocenters. The van der Waals surface area contributed by atoms with Crippen molar-refractivity contribution in [1.29, 1.82) is 0 Å². The lowest BCUT2D eigenvalue weighted by atomic mass is 10.1. The van der Waals surface area contributed by atoms with E-state index in [1.54, 1.807) is 24.5 Å². The van der Waals surface area contributed by atoms with Crippen molar-refractivity contribution in [3.63, 3.8) is 0 Å². The van der Waals surface area contributed by atoms with Gasteiger partial charge in [-0.1, -0.05) is 29.3 Å². The fourth-order valence-corrected chi connectivity index (χ4v) is 3.32. The first-order valence-electron chi connectivity index (χ1n) is 9.06. The Hall–Kier alpha value is -2.77. The number of H-pyrrole nitrogens is 1. The first kappa shape index (κ1) is 21.0. The molecule has 3 aromatic rings. The Kier molecular flexibility index (Phi) is 7.32. The number of anilines is 1. The Balaban J connectivity index is 1.71. The van der Waals surface area contributed by atoms with Gasteiger partial charge in [-0.05, 0) is 29.8 Å². The molecule has 0 bridgehead atoms. The minimum absolute atomic E-state index is 0.0701. The Morgan fingerprint density at radius 3 is 2.69 bits per heavy atom. The number of nitrogens with zero attached hydrogens (tertiary/aromatic N) is 2. The van der Waals surface area contributed by atoms with Gasteiger partial charge in [-0.15, -0.1) is 0 Å². The number of aromatic amines is 1. The number of aromatic nitrogens is 3. The van der Waals surface area contributed by atoms with Crippen molar-refractivity contribution in [2.75, 3.05) is 18.4 Å². The van der Waals surface area contributed by atoms with Gasteiger partial charge in [0.05, 0.1) is 0 Å². The maximum atomic E-state index is 10.9. The van der Waals surface area contributed by atoms with Crippen LogP contribution in [0.15, 0.2) is 48.8 Å². The van der Waals surface area contributed by atoms with Crippen LogP contribution in [0.25, 0.3) is 0 Å². The number of pyridine rings is 1. The molecule has 0 spiro atoms. The lowest BCUT2D eigenvalue weighted by molar-refractivity contribution is -0.118. The fraction of sp³-hybridized carbons (Fsp3) is 0.250. The zero-order valence-electron chi connectivity index (χ0n) is 15.8. The third-order valence-electron chi connectivity index (χ3n) is 3.96. The van der Waals surface area contributed by atoms with Gasteiger partial charge >= 0.3 is 0 Å². The predicted octanol–water partition coefficient (Wildman–Crippen LogP) is 4.02. The summed E-state index contributed by atoms with van der Waals surface area (Å²) in [5.41, 5.74) is 0.925. The smallest absolute Gasteiger partial charge is 0.216 e. The summed E-state index contributed by atoms with van der Waals surface area (Å²) in [6, 6.07) is 10.8. The van der Waals surface area contributed by atoms with Crippen molar-refractivity contribution in [2.24, 2.45) is 0 Å². The molecule has 2 heterocycles. The average Bonchev–Trinajstić information content (AvgIpc) is 3.19. The highest BCUT2D eigenvalue weighted by molar-refractivity contribution is 6.34. The number of carbonyl (C=O) groups excluding carboxylic acids is 1. The van der Waals surface area contributed by atoms with Crippen LogP contribution in [0.3, 0.4) is 0 Å². The largest absolute Gasteiger partial charge is 0.466 e. The molecule has 0 aliphatic rings. The number of halogens is 2. The van der Waals surface area contributed by atoms with Crippen molar-refractivity contribution in [3.8, 4) is 5.88 Å². The van der Waals surface area contributed by atoms with E-state index >= 15 is 0 Å². The number of rotatable bonds is 9. The van der Waals surface area contributed by atoms with Crippen LogP contribution >= 0.6 is 23.2 Å². The normalized spacial score (nSPS) is 11.7. The van der Waals surface area contributed by atoms with Crippen LogP contribution in [0.1, 0.15) is 24.4 Å². The third-order valence-corrected chi connectivity index (χ3v) is 4.40. The molecule has 29 heavy (non-hydrogen) atoms. The van der Waals surface area contributed by atoms with Gasteiger partial charge in [0.2, 0.25) is 11.8 Å². The summed E-state index contributed by atoms with van der Waals surface area (Å²) in [6.07, 6.45) is 3.52. The molecule has 0 radical (unpaired) electrons. The first-order valence-corrected chi connectivity index (χ1v) is 9.81. The number of carbonyl (C=O) groups is 1. The quantitative estimate of drug-likeness (QED) is 0.443. The molecular weight excluding hydrogens is 413 g/mol. The maximum absolute atomic E-state index is 10.9. The van der Waals surface area contributed by atoms with E-state index in [4.69, 9.17) is 27.9 Å². The van der Waals surface area contributed by atoms with Gasteiger partial charge in [0.25, 0.3) is 0 Å². The Morgan fingerprint density at radius 1 is 1.21 bits per heavy atom. The van der Waals surface area contributed by atoms with Gasteiger partial charge in [-0.2, -0.15) is 4.98 Å². The summed E-state index contributed by atoms with van der Waals surface area (Å²) in [5.74, 6) is 1.70. The molecule has 1 amide bonds. The van der Waals surface area contributed by atoms with Crippen LogP contribution in [0.2, 0.25) is 10.0 Å². The van der Waals surface area contributed by atoms with E-state index in [-0.39, 0.29) is 5.91 Å². The van der Waals surface area contributed by atoms with Crippen LogP contribution < -0.4 is 15.4 Å². The Bertz CT molecular complexity index is 930. The molecule has 1 aromatic carbocycles. The molecule has 2 aromatic heterocycles. The lowest BCUT2D eigenvalue weighted by Gasteiger charge is -2.18. The topological polar surface area (TPSA) is 91.9 Å². The van der Waals surface area contributed by atoms with Crippen LogP contribution in [-0.2, 0) is 11.2 Å². The monoisotopic (exact) mass is 433 g/mol. The molecule has 0 aliphatic heterocycles. The first-order chi connectivity index (χ1) is 14.0. The molecule has 152 valence electrons. The van der Waals surface area contributed by atoms with Gasteiger partial charge in [-0.25, -0.2) is 4.98 Å². The zero-order chi connectivity index (χ0) is 20.6. The van der Waals surface area contributed by atoms with E-state index < -0.39 is 6.10 Å². The standard InChI is InChI=1S/C20H21Cl2N5O2/c1-13(28)23-5-6-24-18-3-2-4-19(27-18)29-17(20-25-7-8-26-20)11-14-9-15(21)12-16(22)10-14/h2-4,7-10,12,17H,5-6,11H2,1H3,(H,23,28)(H,24,27)(H,25,26). The third kappa shape index (κ3) is 6.66. The zero-order valence-corrected chi connectivity index (χ0v) is 17.3. The minimum Gasteiger partial charge on any atom is -0.466 e. The summed E-state index contributed by atoms with van der Waals surface area (Å²) in [5, 5.41) is 7.00. The van der Waals surface area contributed by atoms with Crippen molar-refractivity contribution in [2.45, 2.75) is 19.4 Å². The van der Waals surface area contributed by atoms with Crippen molar-refractivity contribution in [3.05, 3.63) is 70.2 Å². The molecule has 0 saturated heterocycles. The van der Waals surface area contributed by atoms with Gasteiger partial charge in [0.15, 0.2) is 6.10 Å². The lowest BCUT2D eigenvalue weighted by Crippen LogP contribution is -2.26. The van der Waals surface area contributed by atoms with E-state index in [0.29, 0.717) is 47.1 Å². The summed E-state index contributed by atoms with van der Waals surface area (Å²) in [6.45, 7) is 2.54. The second-order valence-electron chi connectivity index (χ2n) is 6.33. The molecule has 0 saturated carbocycles. The highest BCUT2D eigenvalue weighted by Crippen LogP contribution is 2.26. The summed E-state index contributed by atoms with van der Waals surface area (Å²) >= 11 is 12.2. The highest BCUT2D eigenvalue weighted by Gasteiger charge is 2.18. The molecule has 0 fully saturated rings. The van der Waals surface area contributed by atoms with Crippen LogP contribution in [-0.4, -0.2) is 33.9 Å². The van der Waals surface area contributed by atoms with E-state index in [0.717, 1.165) is 5.56 Å². The molecule has 0 aliphatic carbocycles. The molecule has 9 heteroatoms. The van der Waals surface area contributed by atoms with Gasteiger partial charge in [-0.3, -0.25) is 4.79 Å². The Morgan fingerprint density at radius 2 is 2.00 bits per heavy atom. The SMILES string of the molecule is CC(=O)NCCNc1cccc(OC(Cc2cc(Cl)cc(Cl)c2)c2ncc[nH]2)n1. The number of hydrogen-bond donors (Lipinski definition) is 3. The molecule has 1 unspecified atom stereocenters. The van der Waals surface area contributed by atoms with Gasteiger partial charge in [0, 0.05) is 54.9 Å².